The van der Waals surface area contributed by atoms with Crippen LogP contribution in [0.1, 0.15) is 37.0 Å². The first kappa shape index (κ1) is 14.4. The van der Waals surface area contributed by atoms with E-state index in [4.69, 9.17) is 14.2 Å². The number of esters is 1. The van der Waals surface area contributed by atoms with E-state index in [-0.39, 0.29) is 0 Å². The molecule has 0 aromatic heterocycles. The van der Waals surface area contributed by atoms with Crippen LogP contribution in [0.5, 0.6) is 11.5 Å². The Kier molecular flexibility index (Phi) is 6.05. The van der Waals surface area contributed by atoms with Gasteiger partial charge in [-0.25, -0.2) is 4.79 Å². The predicted molar refractivity (Wildman–Crippen MR) is 69.4 cm³/mol. The third-order valence-electron chi connectivity index (χ3n) is 2.42. The monoisotopic (exact) mass is 252 g/mol. The molecule has 4 heteroatoms. The van der Waals surface area contributed by atoms with E-state index in [0.29, 0.717) is 30.3 Å². The molecular weight excluding hydrogens is 232 g/mol. The van der Waals surface area contributed by atoms with Gasteiger partial charge in [0.2, 0.25) is 0 Å². The molecule has 0 saturated heterocycles. The second-order valence-corrected chi connectivity index (χ2v) is 3.78. The SMILES string of the molecule is CCCCOc1ccc(C(=O)OC)c(OCC)c1. The second-order valence-electron chi connectivity index (χ2n) is 3.78. The molecule has 4 nitrogen and oxygen atoms in total. The Hall–Kier alpha value is -1.71. The normalized spacial score (nSPS) is 9.94. The number of hydrogen-bond acceptors (Lipinski definition) is 4. The maximum absolute atomic E-state index is 11.5. The molecule has 1 aromatic rings. The van der Waals surface area contributed by atoms with Crippen LogP contribution in [-0.4, -0.2) is 26.3 Å². The number of ether oxygens (including phenoxy) is 3. The molecule has 0 bridgehead atoms. The van der Waals surface area contributed by atoms with Crippen LogP contribution in [0.25, 0.3) is 0 Å². The topological polar surface area (TPSA) is 44.8 Å². The number of methoxy groups -OCH3 is 1. The fourth-order valence-corrected chi connectivity index (χ4v) is 1.48. The number of carbonyl (C=O) groups is 1. The molecular formula is C14H20O4. The van der Waals surface area contributed by atoms with Crippen LogP contribution in [0, 0.1) is 0 Å². The fraction of sp³-hybridized carbons (Fsp3) is 0.500. The molecule has 0 fully saturated rings. The van der Waals surface area contributed by atoms with Crippen LogP contribution in [0.2, 0.25) is 0 Å². The van der Waals surface area contributed by atoms with Gasteiger partial charge in [-0.05, 0) is 25.5 Å². The summed E-state index contributed by atoms with van der Waals surface area (Å²) in [5, 5.41) is 0. The van der Waals surface area contributed by atoms with Crippen LogP contribution in [-0.2, 0) is 4.74 Å². The Morgan fingerprint density at radius 1 is 1.22 bits per heavy atom. The van der Waals surface area contributed by atoms with Gasteiger partial charge in [-0.2, -0.15) is 0 Å². The van der Waals surface area contributed by atoms with Gasteiger partial charge in [-0.3, -0.25) is 0 Å². The molecule has 0 amide bonds. The van der Waals surface area contributed by atoms with Crippen molar-refractivity contribution in [1.29, 1.82) is 0 Å². The minimum atomic E-state index is -0.404. The predicted octanol–water partition coefficient (Wildman–Crippen LogP) is 3.05. The molecule has 18 heavy (non-hydrogen) atoms. The lowest BCUT2D eigenvalue weighted by Crippen LogP contribution is -2.06. The lowest BCUT2D eigenvalue weighted by Gasteiger charge is -2.11. The van der Waals surface area contributed by atoms with E-state index in [0.717, 1.165) is 12.8 Å². The number of unbranched alkanes of at least 4 members (excludes halogenated alkanes) is 1. The zero-order chi connectivity index (χ0) is 13.4. The Morgan fingerprint density at radius 2 is 2.00 bits per heavy atom. The van der Waals surface area contributed by atoms with Crippen molar-refractivity contribution in [2.24, 2.45) is 0 Å². The molecule has 1 rings (SSSR count). The van der Waals surface area contributed by atoms with E-state index in [9.17, 15) is 4.79 Å². The van der Waals surface area contributed by atoms with Crippen LogP contribution in [0.15, 0.2) is 18.2 Å². The maximum Gasteiger partial charge on any atom is 0.341 e. The van der Waals surface area contributed by atoms with Gasteiger partial charge in [-0.15, -0.1) is 0 Å². The van der Waals surface area contributed by atoms with Crippen molar-refractivity contribution in [2.45, 2.75) is 26.7 Å². The highest BCUT2D eigenvalue weighted by Gasteiger charge is 2.13. The van der Waals surface area contributed by atoms with Gasteiger partial charge in [0.15, 0.2) is 0 Å². The summed E-state index contributed by atoms with van der Waals surface area (Å²) in [6.07, 6.45) is 2.08. The summed E-state index contributed by atoms with van der Waals surface area (Å²) in [5.41, 5.74) is 0.419. The Balaban J connectivity index is 2.85. The molecule has 0 spiro atoms. The number of rotatable bonds is 7. The van der Waals surface area contributed by atoms with E-state index in [2.05, 4.69) is 6.92 Å². The van der Waals surface area contributed by atoms with Crippen molar-refractivity contribution < 1.29 is 19.0 Å². The van der Waals surface area contributed by atoms with Gasteiger partial charge in [0.1, 0.15) is 17.1 Å². The highest BCUT2D eigenvalue weighted by Crippen LogP contribution is 2.25. The Labute approximate surface area is 108 Å². The molecule has 0 atom stereocenters. The molecule has 100 valence electrons. The highest BCUT2D eigenvalue weighted by atomic mass is 16.5. The maximum atomic E-state index is 11.5. The van der Waals surface area contributed by atoms with Gasteiger partial charge in [0, 0.05) is 6.07 Å². The third kappa shape index (κ3) is 3.95. The standard InChI is InChI=1S/C14H20O4/c1-4-6-9-18-11-7-8-12(14(15)16-3)13(10-11)17-5-2/h7-8,10H,4-6,9H2,1-3H3. The van der Waals surface area contributed by atoms with E-state index >= 15 is 0 Å². The summed E-state index contributed by atoms with van der Waals surface area (Å²) in [5.74, 6) is 0.802. The van der Waals surface area contributed by atoms with Crippen molar-refractivity contribution in [3.8, 4) is 11.5 Å². The molecule has 1 aromatic carbocycles. The van der Waals surface area contributed by atoms with Crippen LogP contribution in [0.3, 0.4) is 0 Å². The zero-order valence-corrected chi connectivity index (χ0v) is 11.2. The minimum Gasteiger partial charge on any atom is -0.493 e. The molecule has 0 radical (unpaired) electrons. The molecule has 0 N–H and O–H groups in total. The van der Waals surface area contributed by atoms with Gasteiger partial charge in [-0.1, -0.05) is 13.3 Å². The van der Waals surface area contributed by atoms with Gasteiger partial charge >= 0.3 is 5.97 Å². The smallest absolute Gasteiger partial charge is 0.341 e. The van der Waals surface area contributed by atoms with Crippen molar-refractivity contribution in [3.05, 3.63) is 23.8 Å². The van der Waals surface area contributed by atoms with Gasteiger partial charge < -0.3 is 14.2 Å². The van der Waals surface area contributed by atoms with E-state index in [1.165, 1.54) is 7.11 Å². The van der Waals surface area contributed by atoms with Crippen molar-refractivity contribution in [1.82, 2.24) is 0 Å². The molecule has 0 aliphatic carbocycles. The second kappa shape index (κ2) is 7.58. The average molecular weight is 252 g/mol. The number of carbonyl (C=O) groups excluding carboxylic acids is 1. The van der Waals surface area contributed by atoms with Crippen molar-refractivity contribution >= 4 is 5.97 Å². The van der Waals surface area contributed by atoms with Crippen LogP contribution >= 0.6 is 0 Å². The molecule has 0 aliphatic rings. The average Bonchev–Trinajstić information content (AvgIpc) is 2.39. The van der Waals surface area contributed by atoms with Gasteiger partial charge in [0.05, 0.1) is 20.3 Å². The third-order valence-corrected chi connectivity index (χ3v) is 2.42. The fourth-order valence-electron chi connectivity index (χ4n) is 1.48. The lowest BCUT2D eigenvalue weighted by atomic mass is 10.2. The minimum absolute atomic E-state index is 0.404. The first-order chi connectivity index (χ1) is 8.72. The molecule has 0 saturated carbocycles. The van der Waals surface area contributed by atoms with Crippen LogP contribution in [0.4, 0.5) is 0 Å². The van der Waals surface area contributed by atoms with E-state index < -0.39 is 5.97 Å². The lowest BCUT2D eigenvalue weighted by molar-refractivity contribution is 0.0596. The summed E-state index contributed by atoms with van der Waals surface area (Å²) in [6.45, 7) is 5.13. The van der Waals surface area contributed by atoms with Gasteiger partial charge in [0.25, 0.3) is 0 Å². The van der Waals surface area contributed by atoms with Crippen LogP contribution < -0.4 is 9.47 Å². The number of benzene rings is 1. The Morgan fingerprint density at radius 3 is 2.61 bits per heavy atom. The first-order valence-electron chi connectivity index (χ1n) is 6.20. The molecule has 0 heterocycles. The summed E-state index contributed by atoms with van der Waals surface area (Å²) in [7, 11) is 1.35. The van der Waals surface area contributed by atoms with Crippen molar-refractivity contribution in [3.63, 3.8) is 0 Å². The zero-order valence-electron chi connectivity index (χ0n) is 11.2. The van der Waals surface area contributed by atoms with Crippen molar-refractivity contribution in [2.75, 3.05) is 20.3 Å². The first-order valence-corrected chi connectivity index (χ1v) is 6.20. The summed E-state index contributed by atoms with van der Waals surface area (Å²) < 4.78 is 15.7. The van der Waals surface area contributed by atoms with E-state index in [1.807, 2.05) is 6.92 Å². The Bertz CT molecular complexity index is 387. The summed E-state index contributed by atoms with van der Waals surface area (Å²) in [6, 6.07) is 5.15. The molecule has 0 unspecified atom stereocenters. The number of hydrogen-bond donors (Lipinski definition) is 0. The quantitative estimate of drug-likeness (QED) is 0.552. The van der Waals surface area contributed by atoms with E-state index in [1.54, 1.807) is 18.2 Å². The molecule has 0 aliphatic heterocycles. The summed E-state index contributed by atoms with van der Waals surface area (Å²) >= 11 is 0. The highest BCUT2D eigenvalue weighted by molar-refractivity contribution is 5.92. The summed E-state index contributed by atoms with van der Waals surface area (Å²) in [4.78, 5) is 11.5. The largest absolute Gasteiger partial charge is 0.493 e.